The first kappa shape index (κ1) is 15.3. The fourth-order valence-corrected chi connectivity index (χ4v) is 7.83. The van der Waals surface area contributed by atoms with Crippen molar-refractivity contribution < 1.29 is 14.6 Å². The van der Waals surface area contributed by atoms with Crippen molar-refractivity contribution in [3.05, 3.63) is 11.7 Å². The Hall–Kier alpha value is -0.990. The lowest BCUT2D eigenvalue weighted by Gasteiger charge is -2.59. The number of ketones is 1. The molecule has 0 aromatic heterocycles. The van der Waals surface area contributed by atoms with Gasteiger partial charge in [-0.15, -0.1) is 0 Å². The van der Waals surface area contributed by atoms with Crippen molar-refractivity contribution in [1.82, 2.24) is 0 Å². The predicted molar refractivity (Wildman–Crippen MR) is 91.0 cm³/mol. The van der Waals surface area contributed by atoms with Crippen LogP contribution in [0.15, 0.2) is 11.7 Å². The maximum absolute atomic E-state index is 13.0. The van der Waals surface area contributed by atoms with E-state index in [9.17, 15) is 9.90 Å². The van der Waals surface area contributed by atoms with Gasteiger partial charge in [-0.2, -0.15) is 0 Å². The van der Waals surface area contributed by atoms with E-state index in [1.54, 1.807) is 0 Å². The Kier molecular flexibility index (Phi) is 3.05. The molecule has 5 aliphatic rings. The summed E-state index contributed by atoms with van der Waals surface area (Å²) < 4.78 is 5.30. The third kappa shape index (κ3) is 1.82. The first-order chi connectivity index (χ1) is 11.4. The van der Waals surface area contributed by atoms with Crippen LogP contribution in [0, 0.1) is 40.4 Å². The van der Waals surface area contributed by atoms with Crippen molar-refractivity contribution in [2.75, 3.05) is 0 Å². The Bertz CT molecular complexity index is 623. The van der Waals surface area contributed by atoms with Crippen LogP contribution in [-0.4, -0.2) is 10.9 Å². The number of aliphatic hydroxyl groups is 1. The smallest absolute Gasteiger partial charge is 0.323 e. The number of allylic oxidation sites excluding steroid dienone is 1. The summed E-state index contributed by atoms with van der Waals surface area (Å²) in [6.45, 7) is 4.85. The van der Waals surface area contributed by atoms with E-state index in [1.165, 1.54) is 38.5 Å². The van der Waals surface area contributed by atoms with Gasteiger partial charge in [0.05, 0.1) is 0 Å². The number of aliphatic hydroxyl groups excluding tert-OH is 1. The SMILES string of the molecule is C[C@]12CC[C@H]3[C@@H](CC(=O)C4CCCC[C@@]43C)[C@@H]1CC[C@@H]2C1=C(O)O1. The highest BCUT2D eigenvalue weighted by Crippen LogP contribution is 2.68. The number of hydrogen-bond acceptors (Lipinski definition) is 3. The lowest BCUT2D eigenvalue weighted by atomic mass is 9.44. The van der Waals surface area contributed by atoms with Crippen molar-refractivity contribution in [2.45, 2.75) is 71.6 Å². The molecule has 132 valence electrons. The van der Waals surface area contributed by atoms with Crippen LogP contribution in [0.1, 0.15) is 71.6 Å². The van der Waals surface area contributed by atoms with Crippen molar-refractivity contribution in [3.8, 4) is 0 Å². The third-order valence-corrected chi connectivity index (χ3v) is 9.06. The number of carbonyl (C=O) groups is 1. The van der Waals surface area contributed by atoms with Crippen LogP contribution in [0.3, 0.4) is 0 Å². The second-order valence-electron chi connectivity index (χ2n) is 9.80. The number of Topliss-reactive ketones (excluding diaryl/α,β-unsaturated/α-hetero) is 1. The molecular weight excluding hydrogens is 300 g/mol. The second kappa shape index (κ2) is 4.80. The average molecular weight is 330 g/mol. The Balaban J connectivity index is 1.48. The summed E-state index contributed by atoms with van der Waals surface area (Å²) in [6, 6.07) is 0. The molecular formula is C21H30O3. The number of hydrogen-bond donors (Lipinski definition) is 1. The van der Waals surface area contributed by atoms with Crippen molar-refractivity contribution >= 4 is 5.78 Å². The maximum atomic E-state index is 13.0. The summed E-state index contributed by atoms with van der Waals surface area (Å²) in [5, 5.41) is 9.66. The highest BCUT2D eigenvalue weighted by Gasteiger charge is 2.63. The van der Waals surface area contributed by atoms with Crippen LogP contribution < -0.4 is 0 Å². The van der Waals surface area contributed by atoms with Crippen LogP contribution in [0.25, 0.3) is 0 Å². The van der Waals surface area contributed by atoms with Gasteiger partial charge in [0.1, 0.15) is 5.78 Å². The standard InChI is InChI=1S/C21H30O3/c1-20-9-4-3-5-15(20)17(22)11-12-13-6-7-16(18-19(23)24-18)21(13,2)10-8-14(12)20/h12-16,23H,3-11H2,1-2H3/t12-,13-,14-,15?,16+,20+,21-/m0/s1. The Labute approximate surface area is 144 Å². The third-order valence-electron chi connectivity index (χ3n) is 9.06. The molecule has 4 aliphatic carbocycles. The highest BCUT2D eigenvalue weighted by atomic mass is 16.7. The van der Waals surface area contributed by atoms with Crippen LogP contribution in [0.5, 0.6) is 0 Å². The molecule has 3 heteroatoms. The summed E-state index contributed by atoms with van der Waals surface area (Å²) in [4.78, 5) is 13.0. The first-order valence-corrected chi connectivity index (χ1v) is 10.1. The zero-order valence-electron chi connectivity index (χ0n) is 15.0. The van der Waals surface area contributed by atoms with Gasteiger partial charge in [0, 0.05) is 18.3 Å². The van der Waals surface area contributed by atoms with Crippen LogP contribution >= 0.6 is 0 Å². The van der Waals surface area contributed by atoms with E-state index in [1.807, 2.05) is 0 Å². The van der Waals surface area contributed by atoms with Crippen LogP contribution in [-0.2, 0) is 9.53 Å². The maximum Gasteiger partial charge on any atom is 0.323 e. The van der Waals surface area contributed by atoms with Gasteiger partial charge in [0.25, 0.3) is 0 Å². The van der Waals surface area contributed by atoms with Gasteiger partial charge < -0.3 is 9.84 Å². The number of carbonyl (C=O) groups excluding carboxylic acids is 1. The first-order valence-electron chi connectivity index (χ1n) is 10.1. The van der Waals surface area contributed by atoms with Crippen molar-refractivity contribution in [2.24, 2.45) is 40.4 Å². The molecule has 0 aromatic rings. The van der Waals surface area contributed by atoms with Gasteiger partial charge in [-0.05, 0) is 67.1 Å². The van der Waals surface area contributed by atoms with E-state index in [0.717, 1.165) is 30.9 Å². The molecule has 24 heavy (non-hydrogen) atoms. The minimum absolute atomic E-state index is 0.183. The molecule has 1 aliphatic heterocycles. The summed E-state index contributed by atoms with van der Waals surface area (Å²) >= 11 is 0. The summed E-state index contributed by atoms with van der Waals surface area (Å²) in [5.74, 6) is 4.28. The minimum Gasteiger partial charge on any atom is -0.478 e. The molecule has 1 heterocycles. The summed E-state index contributed by atoms with van der Waals surface area (Å²) in [6.07, 6.45) is 10.6. The van der Waals surface area contributed by atoms with Gasteiger partial charge in [0.15, 0.2) is 5.76 Å². The molecule has 1 N–H and O–H groups in total. The van der Waals surface area contributed by atoms with Gasteiger partial charge in [0.2, 0.25) is 0 Å². The average Bonchev–Trinajstić information content (AvgIpc) is 3.14. The van der Waals surface area contributed by atoms with Gasteiger partial charge in [-0.25, -0.2) is 0 Å². The molecule has 0 aromatic carbocycles. The molecule has 0 saturated heterocycles. The molecule has 7 atom stereocenters. The fourth-order valence-electron chi connectivity index (χ4n) is 7.83. The predicted octanol–water partition coefficient (Wildman–Crippen LogP) is 4.97. The van der Waals surface area contributed by atoms with Crippen LogP contribution in [0.2, 0.25) is 0 Å². The van der Waals surface area contributed by atoms with Crippen LogP contribution in [0.4, 0.5) is 0 Å². The largest absolute Gasteiger partial charge is 0.478 e. The zero-order chi connectivity index (χ0) is 16.7. The molecule has 3 nitrogen and oxygen atoms in total. The summed E-state index contributed by atoms with van der Waals surface area (Å²) in [7, 11) is 0. The Morgan fingerprint density at radius 2 is 1.67 bits per heavy atom. The Morgan fingerprint density at radius 1 is 0.958 bits per heavy atom. The van der Waals surface area contributed by atoms with Gasteiger partial charge >= 0.3 is 5.95 Å². The number of rotatable bonds is 1. The van der Waals surface area contributed by atoms with Gasteiger partial charge in [-0.3, -0.25) is 4.79 Å². The van der Waals surface area contributed by atoms with E-state index < -0.39 is 0 Å². The topological polar surface area (TPSA) is 49.8 Å². The zero-order valence-corrected chi connectivity index (χ0v) is 15.0. The quantitative estimate of drug-likeness (QED) is 0.738. The lowest BCUT2D eigenvalue weighted by Crippen LogP contribution is -2.55. The van der Waals surface area contributed by atoms with E-state index in [-0.39, 0.29) is 16.8 Å². The second-order valence-corrected chi connectivity index (χ2v) is 9.80. The molecule has 0 amide bonds. The lowest BCUT2D eigenvalue weighted by molar-refractivity contribution is -0.153. The molecule has 0 bridgehead atoms. The van der Waals surface area contributed by atoms with E-state index in [0.29, 0.717) is 29.5 Å². The molecule has 0 radical (unpaired) electrons. The van der Waals surface area contributed by atoms with Gasteiger partial charge in [-0.1, -0.05) is 26.7 Å². The Morgan fingerprint density at radius 3 is 2.42 bits per heavy atom. The number of fused-ring (bicyclic) bond motifs is 5. The molecule has 5 rings (SSSR count). The summed E-state index contributed by atoms with van der Waals surface area (Å²) in [5.41, 5.74) is 0.480. The van der Waals surface area contributed by atoms with E-state index in [4.69, 9.17) is 4.74 Å². The van der Waals surface area contributed by atoms with Crippen molar-refractivity contribution in [1.29, 1.82) is 0 Å². The minimum atomic E-state index is 0.183. The fraction of sp³-hybridized carbons (Fsp3) is 0.857. The van der Waals surface area contributed by atoms with E-state index in [2.05, 4.69) is 13.8 Å². The molecule has 1 unspecified atom stereocenters. The molecule has 4 fully saturated rings. The molecule has 0 spiro atoms. The number of ether oxygens (including phenoxy) is 1. The normalized spacial score (nSPS) is 53.1. The molecule has 4 saturated carbocycles. The van der Waals surface area contributed by atoms with E-state index >= 15 is 0 Å². The van der Waals surface area contributed by atoms with Crippen molar-refractivity contribution in [3.63, 3.8) is 0 Å². The monoisotopic (exact) mass is 330 g/mol. The highest BCUT2D eigenvalue weighted by molar-refractivity contribution is 5.83.